The van der Waals surface area contributed by atoms with Gasteiger partial charge in [-0.3, -0.25) is 0 Å². The van der Waals surface area contributed by atoms with Crippen LogP contribution in [0.15, 0.2) is 48.8 Å². The largest absolute Gasteiger partial charge is 0.417 e. The van der Waals surface area contributed by atoms with Crippen LogP contribution in [-0.2, 0) is 12.7 Å². The fraction of sp³-hybridized carbons (Fsp3) is 0.133. The molecule has 0 fully saturated rings. The zero-order valence-electron chi connectivity index (χ0n) is 10.9. The fourth-order valence-electron chi connectivity index (χ4n) is 2.24. The molecule has 3 rings (SSSR count). The lowest BCUT2D eigenvalue weighted by Gasteiger charge is -2.10. The maximum absolute atomic E-state index is 13.1. The van der Waals surface area contributed by atoms with E-state index >= 15 is 0 Å². The standard InChI is InChI=1S/C15H12F3N3/c16-15(17,18)12-4-2-1-3-11(12)13-9-21-8-10(7-19)5-6-14(21)20-13/h1-6,8-9H,7,19H2. The molecule has 6 heteroatoms. The Balaban J connectivity index is 2.17. The molecule has 21 heavy (non-hydrogen) atoms. The molecule has 0 bridgehead atoms. The van der Waals surface area contributed by atoms with Gasteiger partial charge >= 0.3 is 6.18 Å². The van der Waals surface area contributed by atoms with Crippen LogP contribution >= 0.6 is 0 Å². The number of halogens is 3. The van der Waals surface area contributed by atoms with E-state index in [0.29, 0.717) is 12.2 Å². The van der Waals surface area contributed by atoms with Crippen molar-refractivity contribution in [1.29, 1.82) is 0 Å². The highest BCUT2D eigenvalue weighted by Gasteiger charge is 2.33. The summed E-state index contributed by atoms with van der Waals surface area (Å²) in [6.45, 7) is 0.364. The molecule has 0 spiro atoms. The van der Waals surface area contributed by atoms with Crippen molar-refractivity contribution >= 4 is 5.65 Å². The molecular weight excluding hydrogens is 279 g/mol. The smallest absolute Gasteiger partial charge is 0.326 e. The summed E-state index contributed by atoms with van der Waals surface area (Å²) in [4.78, 5) is 4.25. The predicted octanol–water partition coefficient (Wildman–Crippen LogP) is 3.48. The van der Waals surface area contributed by atoms with Crippen molar-refractivity contribution in [3.8, 4) is 11.3 Å². The quantitative estimate of drug-likeness (QED) is 0.785. The van der Waals surface area contributed by atoms with E-state index in [1.54, 1.807) is 28.9 Å². The molecule has 0 saturated carbocycles. The van der Waals surface area contributed by atoms with Crippen LogP contribution in [0.5, 0.6) is 0 Å². The molecule has 2 aromatic heterocycles. The number of imidazole rings is 1. The van der Waals surface area contributed by atoms with Gasteiger partial charge in [0.2, 0.25) is 0 Å². The Bertz CT molecular complexity index is 790. The SMILES string of the molecule is NCc1ccc2nc(-c3ccccc3C(F)(F)F)cn2c1. The molecule has 2 heterocycles. The first kappa shape index (κ1) is 13.6. The van der Waals surface area contributed by atoms with Crippen molar-refractivity contribution < 1.29 is 13.2 Å². The number of nitrogens with two attached hydrogens (primary N) is 1. The number of alkyl halides is 3. The molecule has 1 aromatic carbocycles. The van der Waals surface area contributed by atoms with Gasteiger partial charge in [0.25, 0.3) is 0 Å². The average Bonchev–Trinajstić information content (AvgIpc) is 2.89. The first-order chi connectivity index (χ1) is 9.99. The highest BCUT2D eigenvalue weighted by molar-refractivity contribution is 5.67. The van der Waals surface area contributed by atoms with Crippen LogP contribution < -0.4 is 5.73 Å². The molecule has 0 atom stereocenters. The predicted molar refractivity (Wildman–Crippen MR) is 73.5 cm³/mol. The number of nitrogens with zero attached hydrogens (tertiary/aromatic N) is 2. The van der Waals surface area contributed by atoms with Crippen LogP contribution in [-0.4, -0.2) is 9.38 Å². The zero-order valence-corrected chi connectivity index (χ0v) is 10.9. The van der Waals surface area contributed by atoms with Gasteiger partial charge in [0.05, 0.1) is 11.3 Å². The van der Waals surface area contributed by atoms with Gasteiger partial charge in [0.15, 0.2) is 0 Å². The third-order valence-corrected chi connectivity index (χ3v) is 3.26. The van der Waals surface area contributed by atoms with E-state index in [0.717, 1.165) is 11.6 Å². The minimum absolute atomic E-state index is 0.0722. The normalized spacial score (nSPS) is 12.0. The van der Waals surface area contributed by atoms with E-state index in [2.05, 4.69) is 4.98 Å². The Kier molecular flexibility index (Phi) is 3.17. The van der Waals surface area contributed by atoms with Crippen LogP contribution in [0.1, 0.15) is 11.1 Å². The van der Waals surface area contributed by atoms with Crippen molar-refractivity contribution in [3.63, 3.8) is 0 Å². The van der Waals surface area contributed by atoms with Crippen molar-refractivity contribution in [2.75, 3.05) is 0 Å². The second-order valence-electron chi connectivity index (χ2n) is 4.68. The number of rotatable bonds is 2. The molecule has 0 radical (unpaired) electrons. The summed E-state index contributed by atoms with van der Waals surface area (Å²) in [6, 6.07) is 8.97. The molecule has 0 amide bonds. The molecule has 0 aliphatic rings. The van der Waals surface area contributed by atoms with E-state index in [1.807, 2.05) is 6.07 Å². The average molecular weight is 291 g/mol. The van der Waals surface area contributed by atoms with E-state index in [9.17, 15) is 13.2 Å². The first-order valence-electron chi connectivity index (χ1n) is 6.33. The minimum Gasteiger partial charge on any atom is -0.326 e. The molecular formula is C15H12F3N3. The van der Waals surface area contributed by atoms with E-state index in [-0.39, 0.29) is 11.3 Å². The third-order valence-electron chi connectivity index (χ3n) is 3.26. The molecule has 3 aromatic rings. The Labute approximate surface area is 118 Å². The lowest BCUT2D eigenvalue weighted by Crippen LogP contribution is -2.06. The molecule has 0 aliphatic carbocycles. The van der Waals surface area contributed by atoms with Crippen LogP contribution in [0.2, 0.25) is 0 Å². The second-order valence-corrected chi connectivity index (χ2v) is 4.68. The Morgan fingerprint density at radius 2 is 1.81 bits per heavy atom. The molecule has 3 nitrogen and oxygen atoms in total. The van der Waals surface area contributed by atoms with Crippen LogP contribution in [0.4, 0.5) is 13.2 Å². The van der Waals surface area contributed by atoms with E-state index in [1.165, 1.54) is 12.1 Å². The lowest BCUT2D eigenvalue weighted by atomic mass is 10.1. The summed E-state index contributed by atoms with van der Waals surface area (Å²) < 4.78 is 40.9. The van der Waals surface area contributed by atoms with Crippen molar-refractivity contribution in [2.24, 2.45) is 5.73 Å². The molecule has 2 N–H and O–H groups in total. The fourth-order valence-corrected chi connectivity index (χ4v) is 2.24. The van der Waals surface area contributed by atoms with E-state index < -0.39 is 11.7 Å². The molecule has 0 unspecified atom stereocenters. The van der Waals surface area contributed by atoms with E-state index in [4.69, 9.17) is 5.73 Å². The summed E-state index contributed by atoms with van der Waals surface area (Å²) >= 11 is 0. The highest BCUT2D eigenvalue weighted by Crippen LogP contribution is 2.36. The van der Waals surface area contributed by atoms with Crippen molar-refractivity contribution in [1.82, 2.24) is 9.38 Å². The van der Waals surface area contributed by atoms with Gasteiger partial charge in [-0.1, -0.05) is 24.3 Å². The number of hydrogen-bond acceptors (Lipinski definition) is 2. The van der Waals surface area contributed by atoms with Gasteiger partial charge < -0.3 is 10.1 Å². The maximum atomic E-state index is 13.1. The lowest BCUT2D eigenvalue weighted by molar-refractivity contribution is -0.137. The van der Waals surface area contributed by atoms with Gasteiger partial charge in [0.1, 0.15) is 5.65 Å². The van der Waals surface area contributed by atoms with Crippen molar-refractivity contribution in [3.05, 3.63) is 59.9 Å². The van der Waals surface area contributed by atoms with Gasteiger partial charge in [0, 0.05) is 24.5 Å². The third kappa shape index (κ3) is 2.50. The number of benzene rings is 1. The minimum atomic E-state index is -4.41. The summed E-state index contributed by atoms with van der Waals surface area (Å²) in [5, 5.41) is 0. The summed E-state index contributed by atoms with van der Waals surface area (Å²) in [6.07, 6.45) is -1.06. The second kappa shape index (κ2) is 4.89. The number of hydrogen-bond donors (Lipinski definition) is 1. The molecule has 0 saturated heterocycles. The number of fused-ring (bicyclic) bond motifs is 1. The first-order valence-corrected chi connectivity index (χ1v) is 6.33. The monoisotopic (exact) mass is 291 g/mol. The highest BCUT2D eigenvalue weighted by atomic mass is 19.4. The Morgan fingerprint density at radius 1 is 1.05 bits per heavy atom. The van der Waals surface area contributed by atoms with Crippen molar-refractivity contribution in [2.45, 2.75) is 12.7 Å². The van der Waals surface area contributed by atoms with Crippen LogP contribution in [0, 0.1) is 0 Å². The number of aromatic nitrogens is 2. The van der Waals surface area contributed by atoms with Gasteiger partial charge in [-0.15, -0.1) is 0 Å². The van der Waals surface area contributed by atoms with Gasteiger partial charge in [-0.2, -0.15) is 13.2 Å². The summed E-state index contributed by atoms with van der Waals surface area (Å²) in [7, 11) is 0. The Morgan fingerprint density at radius 3 is 2.52 bits per heavy atom. The number of pyridine rings is 1. The van der Waals surface area contributed by atoms with Crippen LogP contribution in [0.25, 0.3) is 16.9 Å². The van der Waals surface area contributed by atoms with Gasteiger partial charge in [-0.25, -0.2) is 4.98 Å². The Hall–Kier alpha value is -2.34. The zero-order chi connectivity index (χ0) is 15.0. The molecule has 0 aliphatic heterocycles. The van der Waals surface area contributed by atoms with Crippen LogP contribution in [0.3, 0.4) is 0 Å². The topological polar surface area (TPSA) is 43.3 Å². The maximum Gasteiger partial charge on any atom is 0.417 e. The van der Waals surface area contributed by atoms with Gasteiger partial charge in [-0.05, 0) is 17.7 Å². The summed E-state index contributed by atoms with van der Waals surface area (Å²) in [5.41, 5.74) is 6.70. The molecule has 108 valence electrons. The summed E-state index contributed by atoms with van der Waals surface area (Å²) in [5.74, 6) is 0.